The molecule has 0 aromatic heterocycles. The maximum absolute atomic E-state index is 9.00. The van der Waals surface area contributed by atoms with Gasteiger partial charge in [-0.05, 0) is 50.1 Å². The molecule has 0 aliphatic carbocycles. The van der Waals surface area contributed by atoms with E-state index in [9.17, 15) is 0 Å². The van der Waals surface area contributed by atoms with Gasteiger partial charge in [-0.3, -0.25) is 0 Å². The summed E-state index contributed by atoms with van der Waals surface area (Å²) in [6.07, 6.45) is 0. The van der Waals surface area contributed by atoms with Crippen LogP contribution >= 0.6 is 31.9 Å². The lowest BCUT2D eigenvalue weighted by molar-refractivity contribution is 0.471. The van der Waals surface area contributed by atoms with Crippen LogP contribution in [0.4, 0.5) is 0 Å². The Morgan fingerprint density at radius 1 is 1.44 bits per heavy atom. The van der Waals surface area contributed by atoms with Crippen molar-refractivity contribution >= 4 is 31.9 Å². The standard InChI is InChI=1S/C6H3Br2O/c7-4-2-1-3-5(9)6(4)8/h1,3,9H. The maximum atomic E-state index is 9.00. The minimum absolute atomic E-state index is 0.223. The molecule has 1 nitrogen and oxygen atoms in total. The molecule has 3 heteroatoms. The van der Waals surface area contributed by atoms with E-state index in [1.54, 1.807) is 12.1 Å². The van der Waals surface area contributed by atoms with Crippen LogP contribution in [0.1, 0.15) is 0 Å². The predicted octanol–water partition coefficient (Wildman–Crippen LogP) is 2.72. The first kappa shape index (κ1) is 7.09. The Kier molecular flexibility index (Phi) is 2.13. The number of benzene rings is 1. The molecule has 0 fully saturated rings. The highest BCUT2D eigenvalue weighted by Crippen LogP contribution is 2.30. The van der Waals surface area contributed by atoms with Crippen molar-refractivity contribution < 1.29 is 5.11 Å². The van der Waals surface area contributed by atoms with Crippen molar-refractivity contribution in [2.75, 3.05) is 0 Å². The molecular formula is C6H3Br2O. The fraction of sp³-hybridized carbons (Fsp3) is 0. The zero-order chi connectivity index (χ0) is 6.85. The Morgan fingerprint density at radius 3 is 2.56 bits per heavy atom. The van der Waals surface area contributed by atoms with Gasteiger partial charge < -0.3 is 5.11 Å². The molecular weight excluding hydrogens is 248 g/mol. The molecule has 0 atom stereocenters. The Bertz CT molecular complexity index is 202. The topological polar surface area (TPSA) is 20.2 Å². The van der Waals surface area contributed by atoms with E-state index in [1.165, 1.54) is 0 Å². The summed E-state index contributed by atoms with van der Waals surface area (Å²) >= 11 is 6.33. The first-order valence-electron chi connectivity index (χ1n) is 2.26. The van der Waals surface area contributed by atoms with E-state index in [0.29, 0.717) is 4.47 Å². The van der Waals surface area contributed by atoms with Crippen LogP contribution < -0.4 is 0 Å². The van der Waals surface area contributed by atoms with Crippen molar-refractivity contribution in [3.8, 4) is 5.75 Å². The lowest BCUT2D eigenvalue weighted by atomic mass is 10.3. The molecule has 1 N–H and O–H groups in total. The van der Waals surface area contributed by atoms with Crippen LogP contribution in [-0.4, -0.2) is 5.11 Å². The second kappa shape index (κ2) is 2.71. The zero-order valence-electron chi connectivity index (χ0n) is 4.36. The van der Waals surface area contributed by atoms with Crippen molar-refractivity contribution in [1.29, 1.82) is 0 Å². The van der Waals surface area contributed by atoms with E-state index in [2.05, 4.69) is 37.9 Å². The molecule has 0 aliphatic rings. The third-order valence-corrected chi connectivity index (χ3v) is 2.83. The van der Waals surface area contributed by atoms with E-state index >= 15 is 0 Å². The quantitative estimate of drug-likeness (QED) is 0.751. The molecule has 1 aromatic rings. The number of hydrogen-bond donors (Lipinski definition) is 1. The van der Waals surface area contributed by atoms with Crippen LogP contribution in [0.25, 0.3) is 0 Å². The van der Waals surface area contributed by atoms with Gasteiger partial charge in [0.25, 0.3) is 0 Å². The van der Waals surface area contributed by atoms with Gasteiger partial charge in [-0.25, -0.2) is 0 Å². The number of phenolic OH excluding ortho intramolecular Hbond substituents is 1. The van der Waals surface area contributed by atoms with Crippen LogP contribution in [0.3, 0.4) is 0 Å². The average Bonchev–Trinajstić information content (AvgIpc) is 1.83. The van der Waals surface area contributed by atoms with Crippen molar-refractivity contribution in [1.82, 2.24) is 0 Å². The summed E-state index contributed by atoms with van der Waals surface area (Å²) in [5.41, 5.74) is 0. The van der Waals surface area contributed by atoms with E-state index in [-0.39, 0.29) is 5.75 Å². The molecule has 1 radical (unpaired) electrons. The number of aromatic hydroxyl groups is 1. The SMILES string of the molecule is Oc1cc[c]c(Br)c1Br. The Labute approximate surface area is 70.0 Å². The second-order valence-corrected chi connectivity index (χ2v) is 3.08. The molecule has 1 aromatic carbocycles. The molecule has 0 bridgehead atoms. The van der Waals surface area contributed by atoms with Crippen molar-refractivity contribution in [2.45, 2.75) is 0 Å². The first-order valence-corrected chi connectivity index (χ1v) is 3.85. The largest absolute Gasteiger partial charge is 0.507 e. The minimum atomic E-state index is 0.223. The summed E-state index contributed by atoms with van der Waals surface area (Å²) < 4.78 is 1.38. The van der Waals surface area contributed by atoms with E-state index < -0.39 is 0 Å². The molecule has 0 saturated carbocycles. The van der Waals surface area contributed by atoms with E-state index in [0.717, 1.165) is 4.47 Å². The summed E-state index contributed by atoms with van der Waals surface area (Å²) in [5.74, 6) is 0.223. The number of halogens is 2. The molecule has 1 rings (SSSR count). The summed E-state index contributed by atoms with van der Waals surface area (Å²) in [4.78, 5) is 0. The Balaban J connectivity index is 3.25. The number of phenols is 1. The smallest absolute Gasteiger partial charge is 0.130 e. The van der Waals surface area contributed by atoms with Crippen molar-refractivity contribution in [3.05, 3.63) is 27.1 Å². The van der Waals surface area contributed by atoms with Gasteiger partial charge in [0, 0.05) is 4.47 Å². The van der Waals surface area contributed by atoms with Crippen molar-refractivity contribution in [2.24, 2.45) is 0 Å². The van der Waals surface area contributed by atoms with Crippen LogP contribution in [-0.2, 0) is 0 Å². The number of hydrogen-bond acceptors (Lipinski definition) is 1. The minimum Gasteiger partial charge on any atom is -0.507 e. The fourth-order valence-corrected chi connectivity index (χ4v) is 1.02. The van der Waals surface area contributed by atoms with Gasteiger partial charge in [0.2, 0.25) is 0 Å². The van der Waals surface area contributed by atoms with Gasteiger partial charge in [-0.2, -0.15) is 0 Å². The van der Waals surface area contributed by atoms with Crippen LogP contribution in [0.2, 0.25) is 0 Å². The third-order valence-electron chi connectivity index (χ3n) is 0.869. The van der Waals surface area contributed by atoms with Gasteiger partial charge in [-0.15, -0.1) is 0 Å². The Morgan fingerprint density at radius 2 is 2.11 bits per heavy atom. The predicted molar refractivity (Wildman–Crippen MR) is 42.3 cm³/mol. The fourth-order valence-electron chi connectivity index (χ4n) is 0.443. The van der Waals surface area contributed by atoms with Gasteiger partial charge in [0.15, 0.2) is 0 Å². The van der Waals surface area contributed by atoms with Gasteiger partial charge in [-0.1, -0.05) is 0 Å². The molecule has 9 heavy (non-hydrogen) atoms. The highest BCUT2D eigenvalue weighted by molar-refractivity contribution is 9.13. The van der Waals surface area contributed by atoms with E-state index in [1.807, 2.05) is 0 Å². The van der Waals surface area contributed by atoms with Gasteiger partial charge in [0.05, 0.1) is 4.47 Å². The molecule has 47 valence electrons. The van der Waals surface area contributed by atoms with Gasteiger partial charge >= 0.3 is 0 Å². The van der Waals surface area contributed by atoms with Crippen LogP contribution in [0, 0.1) is 6.07 Å². The van der Waals surface area contributed by atoms with Gasteiger partial charge in [0.1, 0.15) is 5.75 Å². The third kappa shape index (κ3) is 1.46. The monoisotopic (exact) mass is 249 g/mol. The summed E-state index contributed by atoms with van der Waals surface area (Å²) in [7, 11) is 0. The molecule has 0 unspecified atom stereocenters. The lowest BCUT2D eigenvalue weighted by Gasteiger charge is -1.95. The first-order chi connectivity index (χ1) is 4.22. The molecule has 0 heterocycles. The normalized spacial score (nSPS) is 9.56. The van der Waals surface area contributed by atoms with Crippen LogP contribution in [0.15, 0.2) is 21.1 Å². The molecule has 0 aliphatic heterocycles. The van der Waals surface area contributed by atoms with Crippen molar-refractivity contribution in [3.63, 3.8) is 0 Å². The summed E-state index contributed by atoms with van der Waals surface area (Å²) in [5, 5.41) is 9.00. The maximum Gasteiger partial charge on any atom is 0.130 e. The molecule has 0 amide bonds. The Hall–Kier alpha value is -0.0200. The molecule has 0 spiro atoms. The summed E-state index contributed by atoms with van der Waals surface area (Å²) in [6, 6.07) is 6.06. The lowest BCUT2D eigenvalue weighted by Crippen LogP contribution is -1.69. The average molecular weight is 251 g/mol. The zero-order valence-corrected chi connectivity index (χ0v) is 7.53. The van der Waals surface area contributed by atoms with Crippen LogP contribution in [0.5, 0.6) is 5.75 Å². The summed E-state index contributed by atoms with van der Waals surface area (Å²) in [6.45, 7) is 0. The highest BCUT2D eigenvalue weighted by Gasteiger charge is 1.98. The second-order valence-electron chi connectivity index (χ2n) is 1.49. The molecule has 0 saturated heterocycles. The van der Waals surface area contributed by atoms with E-state index in [4.69, 9.17) is 5.11 Å². The number of rotatable bonds is 0. The highest BCUT2D eigenvalue weighted by atomic mass is 79.9.